The van der Waals surface area contributed by atoms with Crippen LogP contribution in [0.3, 0.4) is 0 Å². The van der Waals surface area contributed by atoms with Gasteiger partial charge in [-0.25, -0.2) is 0 Å². The van der Waals surface area contributed by atoms with E-state index in [1.54, 1.807) is 0 Å². The first-order valence-corrected chi connectivity index (χ1v) is 7.68. The summed E-state index contributed by atoms with van der Waals surface area (Å²) in [6.45, 7) is 0.503. The van der Waals surface area contributed by atoms with Crippen LogP contribution in [0.15, 0.2) is 59.8 Å². The van der Waals surface area contributed by atoms with Gasteiger partial charge in [0.25, 0.3) is 0 Å². The van der Waals surface area contributed by atoms with E-state index in [1.165, 1.54) is 12.8 Å². The molecule has 3 rings (SSSR count). The fraction of sp³-hybridized carbons (Fsp3) is 0.278. The van der Waals surface area contributed by atoms with Crippen molar-refractivity contribution in [3.05, 3.63) is 70.7 Å². The first kappa shape index (κ1) is 14.2. The van der Waals surface area contributed by atoms with Gasteiger partial charge in [-0.2, -0.15) is 0 Å². The Morgan fingerprint density at radius 1 is 1.05 bits per heavy atom. The van der Waals surface area contributed by atoms with Crippen LogP contribution in [0, 0.1) is 5.92 Å². The molecule has 0 aromatic heterocycles. The summed E-state index contributed by atoms with van der Waals surface area (Å²) in [7, 11) is 0. The molecule has 0 radical (unpaired) electrons. The molecule has 0 atom stereocenters. The minimum absolute atomic E-state index is 0.503. The van der Waals surface area contributed by atoms with Crippen LogP contribution in [-0.2, 0) is 11.4 Å². The van der Waals surface area contributed by atoms with Gasteiger partial charge in [-0.05, 0) is 48.4 Å². The fourth-order valence-corrected chi connectivity index (χ4v) is 2.33. The monoisotopic (exact) mass is 299 g/mol. The van der Waals surface area contributed by atoms with Gasteiger partial charge in [-0.3, -0.25) is 0 Å². The molecule has 2 aromatic carbocycles. The van der Waals surface area contributed by atoms with Crippen LogP contribution >= 0.6 is 11.6 Å². The van der Waals surface area contributed by atoms with Crippen molar-refractivity contribution in [2.45, 2.75) is 25.9 Å². The Hall–Kier alpha value is -1.80. The quantitative estimate of drug-likeness (QED) is 0.539. The van der Waals surface area contributed by atoms with Crippen molar-refractivity contribution in [1.82, 2.24) is 0 Å². The van der Waals surface area contributed by atoms with E-state index in [0.717, 1.165) is 34.2 Å². The molecule has 0 N–H and O–H groups in total. The van der Waals surface area contributed by atoms with E-state index in [4.69, 9.17) is 16.4 Å². The van der Waals surface area contributed by atoms with Gasteiger partial charge in [0.05, 0.1) is 5.71 Å². The number of benzene rings is 2. The SMILES string of the molecule is Clc1ccc(C(CC2CC2)=NOCc2ccccc2)cc1. The second-order valence-corrected chi connectivity index (χ2v) is 5.89. The lowest BCUT2D eigenvalue weighted by Crippen LogP contribution is -2.03. The molecule has 0 saturated heterocycles. The zero-order valence-corrected chi connectivity index (χ0v) is 12.6. The van der Waals surface area contributed by atoms with Crippen LogP contribution in [0.4, 0.5) is 0 Å². The van der Waals surface area contributed by atoms with Gasteiger partial charge in [0, 0.05) is 5.02 Å². The summed E-state index contributed by atoms with van der Waals surface area (Å²) in [6.07, 6.45) is 3.58. The third-order valence-electron chi connectivity index (χ3n) is 3.61. The van der Waals surface area contributed by atoms with Gasteiger partial charge in [0.1, 0.15) is 6.61 Å². The van der Waals surface area contributed by atoms with Crippen molar-refractivity contribution in [3.8, 4) is 0 Å². The number of rotatable bonds is 6. The third kappa shape index (κ3) is 4.33. The van der Waals surface area contributed by atoms with E-state index in [2.05, 4.69) is 5.16 Å². The van der Waals surface area contributed by atoms with E-state index < -0.39 is 0 Å². The van der Waals surface area contributed by atoms with E-state index >= 15 is 0 Å². The topological polar surface area (TPSA) is 21.6 Å². The smallest absolute Gasteiger partial charge is 0.142 e. The van der Waals surface area contributed by atoms with Gasteiger partial charge in [0.15, 0.2) is 0 Å². The van der Waals surface area contributed by atoms with E-state index in [0.29, 0.717) is 6.61 Å². The second-order valence-electron chi connectivity index (χ2n) is 5.45. The molecule has 1 fully saturated rings. The van der Waals surface area contributed by atoms with E-state index in [-0.39, 0.29) is 0 Å². The standard InChI is InChI=1S/C18H18ClNO/c19-17-10-8-16(9-11-17)18(12-14-6-7-14)20-21-13-15-4-2-1-3-5-15/h1-5,8-11,14H,6-7,12-13H2. The summed E-state index contributed by atoms with van der Waals surface area (Å²) in [4.78, 5) is 5.55. The highest BCUT2D eigenvalue weighted by molar-refractivity contribution is 6.30. The maximum absolute atomic E-state index is 5.95. The fourth-order valence-electron chi connectivity index (χ4n) is 2.20. The molecule has 21 heavy (non-hydrogen) atoms. The predicted octanol–water partition coefficient (Wildman–Crippen LogP) is 5.06. The average molecular weight is 300 g/mol. The van der Waals surface area contributed by atoms with Crippen LogP contribution < -0.4 is 0 Å². The van der Waals surface area contributed by atoms with Crippen molar-refractivity contribution < 1.29 is 4.84 Å². The van der Waals surface area contributed by atoms with Gasteiger partial charge in [-0.1, -0.05) is 59.2 Å². The highest BCUT2D eigenvalue weighted by atomic mass is 35.5. The predicted molar refractivity (Wildman–Crippen MR) is 86.6 cm³/mol. The molecular weight excluding hydrogens is 282 g/mol. The summed E-state index contributed by atoms with van der Waals surface area (Å²) >= 11 is 5.95. The maximum Gasteiger partial charge on any atom is 0.142 e. The van der Waals surface area contributed by atoms with Crippen LogP contribution in [-0.4, -0.2) is 5.71 Å². The summed E-state index contributed by atoms with van der Waals surface area (Å²) in [5.41, 5.74) is 3.24. The van der Waals surface area contributed by atoms with Crippen LogP contribution in [0.5, 0.6) is 0 Å². The van der Waals surface area contributed by atoms with E-state index in [1.807, 2.05) is 54.6 Å². The molecule has 0 bridgehead atoms. The number of hydrogen-bond donors (Lipinski definition) is 0. The van der Waals surface area contributed by atoms with Crippen molar-refractivity contribution in [1.29, 1.82) is 0 Å². The second kappa shape index (κ2) is 6.77. The normalized spacial score (nSPS) is 15.0. The summed E-state index contributed by atoms with van der Waals surface area (Å²) in [5.74, 6) is 0.764. The summed E-state index contributed by atoms with van der Waals surface area (Å²) in [5, 5.41) is 5.12. The molecule has 0 amide bonds. The minimum Gasteiger partial charge on any atom is -0.391 e. The number of halogens is 1. The van der Waals surface area contributed by atoms with Gasteiger partial charge >= 0.3 is 0 Å². The minimum atomic E-state index is 0.503. The molecule has 1 aliphatic carbocycles. The Labute approximate surface area is 130 Å². The van der Waals surface area contributed by atoms with Crippen LogP contribution in [0.2, 0.25) is 5.02 Å². The summed E-state index contributed by atoms with van der Waals surface area (Å²) in [6, 6.07) is 17.9. The lowest BCUT2D eigenvalue weighted by molar-refractivity contribution is 0.130. The number of nitrogens with zero attached hydrogens (tertiary/aromatic N) is 1. The average Bonchev–Trinajstić information content (AvgIpc) is 3.32. The Morgan fingerprint density at radius 2 is 1.76 bits per heavy atom. The molecule has 108 valence electrons. The maximum atomic E-state index is 5.95. The van der Waals surface area contributed by atoms with E-state index in [9.17, 15) is 0 Å². The Bertz CT molecular complexity index is 603. The lowest BCUT2D eigenvalue weighted by Gasteiger charge is -2.07. The number of hydrogen-bond acceptors (Lipinski definition) is 2. The largest absolute Gasteiger partial charge is 0.391 e. The van der Waals surface area contributed by atoms with Gasteiger partial charge in [-0.15, -0.1) is 0 Å². The Kier molecular flexibility index (Phi) is 4.56. The van der Waals surface area contributed by atoms with Crippen molar-refractivity contribution in [2.75, 3.05) is 0 Å². The molecule has 0 heterocycles. The molecule has 0 aliphatic heterocycles. The third-order valence-corrected chi connectivity index (χ3v) is 3.86. The Morgan fingerprint density at radius 3 is 2.43 bits per heavy atom. The Balaban J connectivity index is 1.69. The lowest BCUT2D eigenvalue weighted by atomic mass is 10.1. The zero-order valence-electron chi connectivity index (χ0n) is 11.8. The molecule has 2 aromatic rings. The molecular formula is C18H18ClNO. The van der Waals surface area contributed by atoms with Gasteiger partial charge < -0.3 is 4.84 Å². The molecule has 0 spiro atoms. The highest BCUT2D eigenvalue weighted by Gasteiger charge is 2.24. The molecule has 2 nitrogen and oxygen atoms in total. The first-order valence-electron chi connectivity index (χ1n) is 7.30. The molecule has 1 saturated carbocycles. The van der Waals surface area contributed by atoms with Crippen LogP contribution in [0.1, 0.15) is 30.4 Å². The molecule has 3 heteroatoms. The van der Waals surface area contributed by atoms with Crippen molar-refractivity contribution in [2.24, 2.45) is 11.1 Å². The molecule has 1 aliphatic rings. The first-order chi connectivity index (χ1) is 10.3. The van der Waals surface area contributed by atoms with Gasteiger partial charge in [0.2, 0.25) is 0 Å². The summed E-state index contributed by atoms with van der Waals surface area (Å²) < 4.78 is 0. The van der Waals surface area contributed by atoms with Crippen LogP contribution in [0.25, 0.3) is 0 Å². The van der Waals surface area contributed by atoms with Crippen molar-refractivity contribution >= 4 is 17.3 Å². The number of oxime groups is 1. The highest BCUT2D eigenvalue weighted by Crippen LogP contribution is 2.34. The zero-order chi connectivity index (χ0) is 14.5. The molecule has 0 unspecified atom stereocenters. The van der Waals surface area contributed by atoms with Crippen molar-refractivity contribution in [3.63, 3.8) is 0 Å².